The summed E-state index contributed by atoms with van der Waals surface area (Å²) in [6, 6.07) is 9.10. The van der Waals surface area contributed by atoms with Crippen molar-refractivity contribution >= 4 is 6.03 Å². The van der Waals surface area contributed by atoms with Crippen LogP contribution in [0.15, 0.2) is 24.3 Å². The molecule has 0 atom stereocenters. The van der Waals surface area contributed by atoms with Gasteiger partial charge in [0.05, 0.1) is 0 Å². The topological polar surface area (TPSA) is 41.1 Å². The Kier molecular flexibility index (Phi) is 4.93. The fourth-order valence-corrected chi connectivity index (χ4v) is 4.02. The predicted molar refractivity (Wildman–Crippen MR) is 94.5 cm³/mol. The van der Waals surface area contributed by atoms with Crippen molar-refractivity contribution in [3.8, 4) is 0 Å². The van der Waals surface area contributed by atoms with Crippen molar-refractivity contribution < 1.29 is 4.79 Å². The molecule has 2 aliphatic rings. The molecule has 3 rings (SSSR count). The zero-order chi connectivity index (χ0) is 16.3. The van der Waals surface area contributed by atoms with Crippen LogP contribution >= 0.6 is 0 Å². The van der Waals surface area contributed by atoms with Crippen molar-refractivity contribution in [2.45, 2.75) is 64.8 Å². The molecule has 1 aromatic carbocycles. The van der Waals surface area contributed by atoms with Gasteiger partial charge in [-0.25, -0.2) is 4.79 Å². The van der Waals surface area contributed by atoms with E-state index in [1.54, 1.807) is 0 Å². The van der Waals surface area contributed by atoms with E-state index in [-0.39, 0.29) is 6.03 Å². The minimum absolute atomic E-state index is 0.0187. The van der Waals surface area contributed by atoms with Gasteiger partial charge < -0.3 is 10.6 Å². The van der Waals surface area contributed by atoms with E-state index in [9.17, 15) is 4.79 Å². The number of rotatable bonds is 4. The van der Waals surface area contributed by atoms with E-state index in [0.717, 1.165) is 38.6 Å². The Morgan fingerprint density at radius 3 is 2.35 bits per heavy atom. The number of urea groups is 1. The molecular weight excluding hydrogens is 284 g/mol. The highest BCUT2D eigenvalue weighted by Crippen LogP contribution is 2.35. The number of carbonyl (C=O) groups excluding carboxylic acids is 1. The van der Waals surface area contributed by atoms with Crippen LogP contribution in [0.2, 0.25) is 0 Å². The fourth-order valence-electron chi connectivity index (χ4n) is 4.02. The Labute approximate surface area is 140 Å². The molecule has 2 aliphatic carbocycles. The third kappa shape index (κ3) is 4.49. The highest BCUT2D eigenvalue weighted by atomic mass is 16.2. The van der Waals surface area contributed by atoms with Crippen LogP contribution in [-0.2, 0) is 12.8 Å². The van der Waals surface area contributed by atoms with Gasteiger partial charge in [0.15, 0.2) is 0 Å². The van der Waals surface area contributed by atoms with Gasteiger partial charge in [-0.15, -0.1) is 0 Å². The fraction of sp³-hybridized carbons (Fsp3) is 0.650. The number of amides is 2. The first kappa shape index (κ1) is 16.4. The molecule has 0 aliphatic heterocycles. The Balaban J connectivity index is 1.33. The highest BCUT2D eigenvalue weighted by Gasteiger charge is 2.27. The SMILES string of the molecule is CC1(C)CCC(NC(=O)NCCC2Cc3ccccc3C2)CC1. The van der Waals surface area contributed by atoms with Gasteiger partial charge in [0.25, 0.3) is 0 Å². The van der Waals surface area contributed by atoms with Gasteiger partial charge in [0, 0.05) is 12.6 Å². The van der Waals surface area contributed by atoms with Crippen LogP contribution in [0.25, 0.3) is 0 Å². The molecule has 23 heavy (non-hydrogen) atoms. The van der Waals surface area contributed by atoms with Crippen molar-refractivity contribution in [3.63, 3.8) is 0 Å². The summed E-state index contributed by atoms with van der Waals surface area (Å²) in [6.07, 6.45) is 8.03. The second-order valence-electron chi connectivity index (χ2n) is 8.17. The third-order valence-corrected chi connectivity index (χ3v) is 5.65. The molecule has 0 unspecified atom stereocenters. The molecule has 0 heterocycles. The maximum absolute atomic E-state index is 12.0. The third-order valence-electron chi connectivity index (χ3n) is 5.65. The van der Waals surface area contributed by atoms with Crippen LogP contribution in [-0.4, -0.2) is 18.6 Å². The molecule has 1 saturated carbocycles. The van der Waals surface area contributed by atoms with E-state index >= 15 is 0 Å². The maximum Gasteiger partial charge on any atom is 0.315 e. The summed E-state index contributed by atoms with van der Waals surface area (Å²) < 4.78 is 0. The van der Waals surface area contributed by atoms with Crippen LogP contribution in [0, 0.1) is 11.3 Å². The molecule has 1 aromatic rings. The quantitative estimate of drug-likeness (QED) is 0.864. The largest absolute Gasteiger partial charge is 0.338 e. The second-order valence-corrected chi connectivity index (χ2v) is 8.17. The van der Waals surface area contributed by atoms with Crippen molar-refractivity contribution in [3.05, 3.63) is 35.4 Å². The summed E-state index contributed by atoms with van der Waals surface area (Å²) >= 11 is 0. The van der Waals surface area contributed by atoms with Crippen LogP contribution in [0.3, 0.4) is 0 Å². The lowest BCUT2D eigenvalue weighted by molar-refractivity contribution is 0.197. The van der Waals surface area contributed by atoms with E-state index in [1.807, 2.05) is 0 Å². The first-order valence-electron chi connectivity index (χ1n) is 9.13. The lowest BCUT2D eigenvalue weighted by Crippen LogP contribution is -2.44. The van der Waals surface area contributed by atoms with Crippen molar-refractivity contribution in [1.29, 1.82) is 0 Å². The zero-order valence-electron chi connectivity index (χ0n) is 14.5. The number of nitrogens with one attached hydrogen (secondary N) is 2. The number of carbonyl (C=O) groups is 1. The number of benzene rings is 1. The molecule has 3 nitrogen and oxygen atoms in total. The first-order valence-corrected chi connectivity index (χ1v) is 9.13. The van der Waals surface area contributed by atoms with Crippen LogP contribution in [0.4, 0.5) is 4.79 Å². The molecule has 0 aromatic heterocycles. The van der Waals surface area contributed by atoms with E-state index in [2.05, 4.69) is 48.7 Å². The molecule has 1 fully saturated rings. The number of fused-ring (bicyclic) bond motifs is 1. The van der Waals surface area contributed by atoms with Gasteiger partial charge in [0.2, 0.25) is 0 Å². The lowest BCUT2D eigenvalue weighted by Gasteiger charge is -2.34. The molecular formula is C20H30N2O. The summed E-state index contributed by atoms with van der Waals surface area (Å²) in [5.41, 5.74) is 3.44. The summed E-state index contributed by atoms with van der Waals surface area (Å²) in [5, 5.41) is 6.20. The Morgan fingerprint density at radius 1 is 1.13 bits per heavy atom. The van der Waals surface area contributed by atoms with Gasteiger partial charge in [-0.2, -0.15) is 0 Å². The zero-order valence-corrected chi connectivity index (χ0v) is 14.5. The standard InChI is InChI=1S/C20H30N2O/c1-20(2)10-7-18(8-11-20)22-19(23)21-12-9-15-13-16-5-3-4-6-17(16)14-15/h3-6,15,18H,7-14H2,1-2H3,(H2,21,22,23). The average molecular weight is 314 g/mol. The molecule has 2 amide bonds. The average Bonchev–Trinajstić information content (AvgIpc) is 2.92. The maximum atomic E-state index is 12.0. The van der Waals surface area contributed by atoms with Gasteiger partial charge >= 0.3 is 6.03 Å². The van der Waals surface area contributed by atoms with E-state index in [1.165, 1.54) is 24.0 Å². The van der Waals surface area contributed by atoms with Crippen molar-refractivity contribution in [2.75, 3.05) is 6.54 Å². The predicted octanol–water partition coefficient (Wildman–Crippen LogP) is 4.06. The van der Waals surface area contributed by atoms with Gasteiger partial charge in [0.1, 0.15) is 0 Å². The number of hydrogen-bond acceptors (Lipinski definition) is 1. The highest BCUT2D eigenvalue weighted by molar-refractivity contribution is 5.74. The van der Waals surface area contributed by atoms with Gasteiger partial charge in [-0.1, -0.05) is 38.1 Å². The minimum Gasteiger partial charge on any atom is -0.338 e. The smallest absolute Gasteiger partial charge is 0.315 e. The Hall–Kier alpha value is -1.51. The molecule has 0 radical (unpaired) electrons. The van der Waals surface area contributed by atoms with E-state index in [0.29, 0.717) is 17.4 Å². The molecule has 3 heteroatoms. The summed E-state index contributed by atoms with van der Waals surface area (Å²) in [6.45, 7) is 5.43. The molecule has 0 saturated heterocycles. The molecule has 126 valence electrons. The van der Waals surface area contributed by atoms with Crippen LogP contribution in [0.1, 0.15) is 57.1 Å². The van der Waals surface area contributed by atoms with E-state index in [4.69, 9.17) is 0 Å². The van der Waals surface area contributed by atoms with Crippen molar-refractivity contribution in [1.82, 2.24) is 10.6 Å². The molecule has 0 bridgehead atoms. The summed E-state index contributed by atoms with van der Waals surface area (Å²) in [4.78, 5) is 12.0. The van der Waals surface area contributed by atoms with E-state index < -0.39 is 0 Å². The number of hydrogen-bond donors (Lipinski definition) is 2. The summed E-state index contributed by atoms with van der Waals surface area (Å²) in [5.74, 6) is 0.683. The molecule has 2 N–H and O–H groups in total. The second kappa shape index (κ2) is 6.94. The Morgan fingerprint density at radius 2 is 1.74 bits per heavy atom. The van der Waals surface area contributed by atoms with Crippen LogP contribution in [0.5, 0.6) is 0 Å². The monoisotopic (exact) mass is 314 g/mol. The summed E-state index contributed by atoms with van der Waals surface area (Å²) in [7, 11) is 0. The molecule has 0 spiro atoms. The van der Waals surface area contributed by atoms with Crippen molar-refractivity contribution in [2.24, 2.45) is 11.3 Å². The van der Waals surface area contributed by atoms with Crippen LogP contribution < -0.4 is 10.6 Å². The normalized spacial score (nSPS) is 21.0. The Bertz CT molecular complexity index is 517. The lowest BCUT2D eigenvalue weighted by atomic mass is 9.76. The van der Waals surface area contributed by atoms with Gasteiger partial charge in [-0.05, 0) is 67.4 Å². The van der Waals surface area contributed by atoms with Gasteiger partial charge in [-0.3, -0.25) is 0 Å². The first-order chi connectivity index (χ1) is 11.0. The minimum atomic E-state index is 0.0187.